The van der Waals surface area contributed by atoms with Crippen LogP contribution in [0.2, 0.25) is 0 Å². The van der Waals surface area contributed by atoms with Crippen LogP contribution in [0.25, 0.3) is 22.3 Å². The van der Waals surface area contributed by atoms with E-state index in [1.54, 1.807) is 17.7 Å². The minimum Gasteiger partial charge on any atom is -0.334 e. The van der Waals surface area contributed by atoms with Gasteiger partial charge >= 0.3 is 6.18 Å². The molecular formula is C18H14BrF3N4. The molecule has 3 rings (SSSR count). The van der Waals surface area contributed by atoms with E-state index >= 15 is 0 Å². The Kier molecular flexibility index (Phi) is 5.01. The first-order chi connectivity index (χ1) is 12.3. The predicted molar refractivity (Wildman–Crippen MR) is 95.8 cm³/mol. The Hall–Kier alpha value is -2.40. The maximum Gasteiger partial charge on any atom is 0.417 e. The predicted octanol–water partition coefficient (Wildman–Crippen LogP) is 4.85. The highest BCUT2D eigenvalue weighted by atomic mass is 79.9. The standard InChI is InChI=1S/C18H14BrF3N4/c1-26-10-24-17-15(9-23)25-14(8-16(17)26)12-5-4-11(3-2-6-19)7-13(12)18(20,21)22/h4-5,7-8,10H,2-3,6H2,1H3. The number of rotatable bonds is 4. The van der Waals surface area contributed by atoms with Gasteiger partial charge in [0.15, 0.2) is 5.69 Å². The van der Waals surface area contributed by atoms with Gasteiger partial charge in [-0.1, -0.05) is 28.1 Å². The van der Waals surface area contributed by atoms with Crippen LogP contribution in [0.3, 0.4) is 0 Å². The molecule has 0 aliphatic rings. The third kappa shape index (κ3) is 3.44. The molecule has 0 amide bonds. The molecule has 4 nitrogen and oxygen atoms in total. The zero-order chi connectivity index (χ0) is 18.9. The van der Waals surface area contributed by atoms with Gasteiger partial charge in [-0.3, -0.25) is 0 Å². The molecule has 0 aliphatic carbocycles. The van der Waals surface area contributed by atoms with Crippen LogP contribution in [0.5, 0.6) is 0 Å². The minimum absolute atomic E-state index is 0.00888. The first kappa shape index (κ1) is 18.4. The molecule has 1 aromatic carbocycles. The van der Waals surface area contributed by atoms with Crippen LogP contribution in [-0.2, 0) is 19.6 Å². The number of halogens is 4. The minimum atomic E-state index is -4.52. The summed E-state index contributed by atoms with van der Waals surface area (Å²) in [5, 5.41) is 10.0. The van der Waals surface area contributed by atoms with Gasteiger partial charge in [0.1, 0.15) is 11.6 Å². The van der Waals surface area contributed by atoms with Gasteiger partial charge in [0, 0.05) is 17.9 Å². The lowest BCUT2D eigenvalue weighted by Crippen LogP contribution is -2.09. The lowest BCUT2D eigenvalue weighted by Gasteiger charge is -2.15. The Morgan fingerprint density at radius 3 is 2.69 bits per heavy atom. The molecule has 0 fully saturated rings. The third-order valence-electron chi connectivity index (χ3n) is 4.08. The Labute approximate surface area is 156 Å². The Morgan fingerprint density at radius 2 is 2.04 bits per heavy atom. The molecule has 26 heavy (non-hydrogen) atoms. The molecule has 3 aromatic rings. The second kappa shape index (κ2) is 7.08. The van der Waals surface area contributed by atoms with Crippen LogP contribution in [0.15, 0.2) is 30.6 Å². The molecule has 8 heteroatoms. The third-order valence-corrected chi connectivity index (χ3v) is 4.64. The zero-order valence-corrected chi connectivity index (χ0v) is 15.4. The lowest BCUT2D eigenvalue weighted by molar-refractivity contribution is -0.137. The number of hydrogen-bond donors (Lipinski definition) is 0. The average Bonchev–Trinajstić information content (AvgIpc) is 2.99. The van der Waals surface area contributed by atoms with E-state index in [-0.39, 0.29) is 17.0 Å². The maximum atomic E-state index is 13.6. The summed E-state index contributed by atoms with van der Waals surface area (Å²) in [7, 11) is 1.72. The van der Waals surface area contributed by atoms with E-state index in [0.29, 0.717) is 23.0 Å². The number of nitriles is 1. The molecule has 0 atom stereocenters. The van der Waals surface area contributed by atoms with Crippen LogP contribution < -0.4 is 0 Å². The molecular weight excluding hydrogens is 409 g/mol. The molecule has 0 N–H and O–H groups in total. The Balaban J connectivity index is 2.21. The molecule has 0 aliphatic heterocycles. The molecule has 0 saturated heterocycles. The van der Waals surface area contributed by atoms with Crippen LogP contribution in [0, 0.1) is 11.3 Å². The summed E-state index contributed by atoms with van der Waals surface area (Å²) in [5.41, 5.74) is 0.876. The Bertz CT molecular complexity index is 1000. The van der Waals surface area contributed by atoms with Crippen molar-refractivity contribution in [3.05, 3.63) is 47.4 Å². The number of fused-ring (bicyclic) bond motifs is 1. The van der Waals surface area contributed by atoms with Crippen molar-refractivity contribution in [1.29, 1.82) is 5.26 Å². The first-order valence-corrected chi connectivity index (χ1v) is 8.96. The van der Waals surface area contributed by atoms with Crippen molar-refractivity contribution in [1.82, 2.24) is 14.5 Å². The summed E-state index contributed by atoms with van der Waals surface area (Å²) in [5.74, 6) is 0. The fraction of sp³-hybridized carbons (Fsp3) is 0.278. The van der Waals surface area contributed by atoms with E-state index in [9.17, 15) is 18.4 Å². The Morgan fingerprint density at radius 1 is 1.27 bits per heavy atom. The SMILES string of the molecule is Cn1cnc2c(C#N)nc(-c3ccc(CCCBr)cc3C(F)(F)F)cc21. The quantitative estimate of drug-likeness (QED) is 0.564. The molecule has 0 radical (unpaired) electrons. The molecule has 134 valence electrons. The van der Waals surface area contributed by atoms with E-state index < -0.39 is 11.7 Å². The van der Waals surface area contributed by atoms with E-state index in [4.69, 9.17) is 0 Å². The topological polar surface area (TPSA) is 54.5 Å². The van der Waals surface area contributed by atoms with Crippen molar-refractivity contribution in [2.24, 2.45) is 7.05 Å². The monoisotopic (exact) mass is 422 g/mol. The highest BCUT2D eigenvalue weighted by Crippen LogP contribution is 2.38. The largest absolute Gasteiger partial charge is 0.417 e. The van der Waals surface area contributed by atoms with Gasteiger partial charge in [-0.05, 0) is 30.5 Å². The fourth-order valence-corrected chi connectivity index (χ4v) is 3.10. The van der Waals surface area contributed by atoms with Crippen LogP contribution >= 0.6 is 15.9 Å². The fourth-order valence-electron chi connectivity index (χ4n) is 2.82. The van der Waals surface area contributed by atoms with Crippen molar-refractivity contribution in [3.63, 3.8) is 0 Å². The van der Waals surface area contributed by atoms with Crippen LogP contribution in [-0.4, -0.2) is 19.9 Å². The molecule has 0 bridgehead atoms. The number of hydrogen-bond acceptors (Lipinski definition) is 3. The molecule has 2 heterocycles. The molecule has 0 unspecified atom stereocenters. The van der Waals surface area contributed by atoms with Crippen molar-refractivity contribution in [2.45, 2.75) is 19.0 Å². The van der Waals surface area contributed by atoms with Crippen molar-refractivity contribution < 1.29 is 13.2 Å². The van der Waals surface area contributed by atoms with Crippen LogP contribution in [0.1, 0.15) is 23.2 Å². The number of aromatic nitrogens is 3. The zero-order valence-electron chi connectivity index (χ0n) is 13.8. The smallest absolute Gasteiger partial charge is 0.334 e. The summed E-state index contributed by atoms with van der Waals surface area (Å²) < 4.78 is 42.5. The highest BCUT2D eigenvalue weighted by Gasteiger charge is 2.34. The van der Waals surface area contributed by atoms with Gasteiger partial charge in [-0.2, -0.15) is 18.4 Å². The van der Waals surface area contributed by atoms with Gasteiger partial charge in [-0.15, -0.1) is 0 Å². The van der Waals surface area contributed by atoms with Gasteiger partial charge in [0.25, 0.3) is 0 Å². The average molecular weight is 423 g/mol. The first-order valence-electron chi connectivity index (χ1n) is 7.83. The summed E-state index contributed by atoms with van der Waals surface area (Å²) in [6.07, 6.45) is -1.72. The summed E-state index contributed by atoms with van der Waals surface area (Å²) in [6.45, 7) is 0. The molecule has 0 saturated carbocycles. The number of alkyl halides is 4. The normalized spacial score (nSPS) is 11.7. The van der Waals surface area contributed by atoms with E-state index in [2.05, 4.69) is 25.9 Å². The van der Waals surface area contributed by atoms with Gasteiger partial charge in [-0.25, -0.2) is 9.97 Å². The van der Waals surface area contributed by atoms with Crippen molar-refractivity contribution in [2.75, 3.05) is 5.33 Å². The summed E-state index contributed by atoms with van der Waals surface area (Å²) in [6, 6.07) is 7.72. The second-order valence-corrected chi connectivity index (χ2v) is 6.65. The van der Waals surface area contributed by atoms with Crippen molar-refractivity contribution >= 4 is 27.0 Å². The number of benzene rings is 1. The van der Waals surface area contributed by atoms with E-state index in [1.165, 1.54) is 24.5 Å². The van der Waals surface area contributed by atoms with Crippen molar-refractivity contribution in [3.8, 4) is 17.3 Å². The van der Waals surface area contributed by atoms with Gasteiger partial charge in [0.2, 0.25) is 0 Å². The second-order valence-electron chi connectivity index (χ2n) is 5.86. The lowest BCUT2D eigenvalue weighted by atomic mass is 9.98. The molecule has 2 aromatic heterocycles. The van der Waals surface area contributed by atoms with Gasteiger partial charge in [0.05, 0.1) is 23.1 Å². The number of nitrogens with zero attached hydrogens (tertiary/aromatic N) is 4. The van der Waals surface area contributed by atoms with E-state index in [0.717, 1.165) is 11.8 Å². The van der Waals surface area contributed by atoms with Crippen LogP contribution in [0.4, 0.5) is 13.2 Å². The summed E-state index contributed by atoms with van der Waals surface area (Å²) in [4.78, 5) is 8.22. The summed E-state index contributed by atoms with van der Waals surface area (Å²) >= 11 is 3.29. The number of imidazole rings is 1. The maximum absolute atomic E-state index is 13.6. The van der Waals surface area contributed by atoms with Gasteiger partial charge < -0.3 is 4.57 Å². The number of aryl methyl sites for hydroxylation is 2. The highest BCUT2D eigenvalue weighted by molar-refractivity contribution is 9.09. The molecule has 0 spiro atoms. The number of pyridine rings is 1. The van der Waals surface area contributed by atoms with E-state index in [1.807, 2.05) is 6.07 Å².